The third-order valence-electron chi connectivity index (χ3n) is 5.20. The van der Waals surface area contributed by atoms with Crippen molar-refractivity contribution in [3.63, 3.8) is 0 Å². The van der Waals surface area contributed by atoms with Crippen molar-refractivity contribution in [3.05, 3.63) is 35.4 Å². The predicted molar refractivity (Wildman–Crippen MR) is 115 cm³/mol. The maximum Gasteiger partial charge on any atom is 0.191 e. The minimum Gasteiger partial charge on any atom is -0.381 e. The summed E-state index contributed by atoms with van der Waals surface area (Å²) < 4.78 is 5.67. The Balaban J connectivity index is 0.00000225. The van der Waals surface area contributed by atoms with Gasteiger partial charge in [0.2, 0.25) is 0 Å². The van der Waals surface area contributed by atoms with E-state index >= 15 is 0 Å². The minimum absolute atomic E-state index is 0. The molecule has 4 nitrogen and oxygen atoms in total. The van der Waals surface area contributed by atoms with Gasteiger partial charge in [0.1, 0.15) is 0 Å². The lowest BCUT2D eigenvalue weighted by Crippen LogP contribution is -2.41. The molecule has 0 aliphatic heterocycles. The molecule has 2 aliphatic carbocycles. The third kappa shape index (κ3) is 6.13. The minimum atomic E-state index is 0. The van der Waals surface area contributed by atoms with E-state index in [1.165, 1.54) is 36.8 Å². The first kappa shape index (κ1) is 20.5. The highest BCUT2D eigenvalue weighted by Gasteiger charge is 2.44. The SMILES string of the molecule is CN=C(NCCCOCC1CC1)NCC1(c2ccccc2C)CC1.I. The Labute approximate surface area is 169 Å². The van der Waals surface area contributed by atoms with Gasteiger partial charge in [0.25, 0.3) is 0 Å². The van der Waals surface area contributed by atoms with Crippen LogP contribution in [0.3, 0.4) is 0 Å². The van der Waals surface area contributed by atoms with Crippen molar-refractivity contribution in [2.24, 2.45) is 10.9 Å². The van der Waals surface area contributed by atoms with Crippen molar-refractivity contribution in [2.45, 2.75) is 44.4 Å². The van der Waals surface area contributed by atoms with Gasteiger partial charge in [-0.2, -0.15) is 0 Å². The van der Waals surface area contributed by atoms with E-state index in [-0.39, 0.29) is 24.0 Å². The average Bonchev–Trinajstić information content (AvgIpc) is 3.50. The molecular weight excluding hydrogens is 425 g/mol. The van der Waals surface area contributed by atoms with Crippen LogP contribution in [0.1, 0.15) is 43.2 Å². The number of nitrogens with one attached hydrogen (secondary N) is 2. The standard InChI is InChI=1S/C20H31N3O.HI/c1-16-6-3-4-7-18(16)20(10-11-20)15-23-19(21-2)22-12-5-13-24-14-17-8-9-17;/h3-4,6-7,17H,5,8-15H2,1-2H3,(H2,21,22,23);1H. The van der Waals surface area contributed by atoms with Crippen LogP contribution in [0.15, 0.2) is 29.3 Å². The Morgan fingerprint density at radius 2 is 2.00 bits per heavy atom. The number of hydrogen-bond acceptors (Lipinski definition) is 2. The first-order valence-electron chi connectivity index (χ1n) is 9.32. The van der Waals surface area contributed by atoms with Crippen molar-refractivity contribution in [2.75, 3.05) is 33.4 Å². The summed E-state index contributed by atoms with van der Waals surface area (Å²) in [7, 11) is 1.84. The lowest BCUT2D eigenvalue weighted by atomic mass is 9.92. The number of aryl methyl sites for hydroxylation is 1. The zero-order chi connectivity index (χ0) is 16.8. The van der Waals surface area contributed by atoms with Gasteiger partial charge in [-0.3, -0.25) is 4.99 Å². The Hall–Kier alpha value is -0.820. The second-order valence-electron chi connectivity index (χ2n) is 7.32. The van der Waals surface area contributed by atoms with E-state index in [1.54, 1.807) is 0 Å². The largest absolute Gasteiger partial charge is 0.381 e. The number of nitrogens with zero attached hydrogens (tertiary/aromatic N) is 1. The van der Waals surface area contributed by atoms with Crippen LogP contribution in [-0.2, 0) is 10.2 Å². The van der Waals surface area contributed by atoms with Crippen LogP contribution in [0, 0.1) is 12.8 Å². The molecule has 1 aromatic rings. The monoisotopic (exact) mass is 457 g/mol. The number of ether oxygens (including phenoxy) is 1. The Morgan fingerprint density at radius 1 is 1.24 bits per heavy atom. The molecule has 25 heavy (non-hydrogen) atoms. The van der Waals surface area contributed by atoms with Gasteiger partial charge in [0, 0.05) is 38.8 Å². The lowest BCUT2D eigenvalue weighted by Gasteiger charge is -2.20. The summed E-state index contributed by atoms with van der Waals surface area (Å²) in [6, 6.07) is 8.76. The smallest absolute Gasteiger partial charge is 0.191 e. The van der Waals surface area contributed by atoms with Crippen molar-refractivity contribution in [3.8, 4) is 0 Å². The number of halogens is 1. The number of rotatable bonds is 9. The van der Waals surface area contributed by atoms with E-state index in [0.717, 1.165) is 44.6 Å². The molecular formula is C20H32IN3O. The molecule has 2 aliphatic rings. The maximum absolute atomic E-state index is 5.67. The van der Waals surface area contributed by atoms with Crippen molar-refractivity contribution in [1.29, 1.82) is 0 Å². The van der Waals surface area contributed by atoms with Gasteiger partial charge in [-0.25, -0.2) is 0 Å². The predicted octanol–water partition coefficient (Wildman–Crippen LogP) is 3.63. The second kappa shape index (κ2) is 9.76. The van der Waals surface area contributed by atoms with Crippen LogP contribution in [0.5, 0.6) is 0 Å². The Morgan fingerprint density at radius 3 is 2.64 bits per heavy atom. The molecule has 5 heteroatoms. The van der Waals surface area contributed by atoms with Gasteiger partial charge in [-0.05, 0) is 56.1 Å². The van der Waals surface area contributed by atoms with E-state index < -0.39 is 0 Å². The number of benzene rings is 1. The molecule has 2 N–H and O–H groups in total. The molecule has 0 aromatic heterocycles. The molecule has 2 saturated carbocycles. The van der Waals surface area contributed by atoms with Crippen molar-refractivity contribution < 1.29 is 4.74 Å². The summed E-state index contributed by atoms with van der Waals surface area (Å²) in [4.78, 5) is 4.34. The summed E-state index contributed by atoms with van der Waals surface area (Å²) in [5, 5.41) is 6.91. The summed E-state index contributed by atoms with van der Waals surface area (Å²) in [5.41, 5.74) is 3.19. The molecule has 0 atom stereocenters. The topological polar surface area (TPSA) is 45.7 Å². The lowest BCUT2D eigenvalue weighted by molar-refractivity contribution is 0.123. The number of guanidine groups is 1. The molecule has 0 heterocycles. The van der Waals surface area contributed by atoms with Crippen LogP contribution < -0.4 is 10.6 Å². The average molecular weight is 457 g/mol. The van der Waals surface area contributed by atoms with Crippen LogP contribution >= 0.6 is 24.0 Å². The normalized spacial score (nSPS) is 18.4. The van der Waals surface area contributed by atoms with Gasteiger partial charge in [0.05, 0.1) is 0 Å². The zero-order valence-corrected chi connectivity index (χ0v) is 17.8. The molecule has 0 bridgehead atoms. The Bertz CT molecular complexity index is 568. The first-order chi connectivity index (χ1) is 11.7. The highest BCUT2D eigenvalue weighted by Crippen LogP contribution is 2.48. The fourth-order valence-corrected chi connectivity index (χ4v) is 3.25. The molecule has 0 radical (unpaired) electrons. The van der Waals surface area contributed by atoms with Crippen molar-refractivity contribution >= 4 is 29.9 Å². The van der Waals surface area contributed by atoms with Gasteiger partial charge >= 0.3 is 0 Å². The Kier molecular flexibility index (Phi) is 8.00. The molecule has 140 valence electrons. The van der Waals surface area contributed by atoms with Crippen LogP contribution in [0.4, 0.5) is 0 Å². The quantitative estimate of drug-likeness (QED) is 0.258. The second-order valence-corrected chi connectivity index (χ2v) is 7.32. The van der Waals surface area contributed by atoms with Gasteiger partial charge in [0.15, 0.2) is 5.96 Å². The number of aliphatic imine (C=N–C) groups is 1. The van der Waals surface area contributed by atoms with Crippen LogP contribution in [0.25, 0.3) is 0 Å². The van der Waals surface area contributed by atoms with E-state index in [4.69, 9.17) is 4.74 Å². The summed E-state index contributed by atoms with van der Waals surface area (Å²) in [5.74, 6) is 1.75. The molecule has 0 unspecified atom stereocenters. The van der Waals surface area contributed by atoms with Gasteiger partial charge in [-0.15, -0.1) is 24.0 Å². The van der Waals surface area contributed by atoms with Gasteiger partial charge in [-0.1, -0.05) is 24.3 Å². The highest BCUT2D eigenvalue weighted by molar-refractivity contribution is 14.0. The zero-order valence-electron chi connectivity index (χ0n) is 15.5. The summed E-state index contributed by atoms with van der Waals surface area (Å²) >= 11 is 0. The molecule has 2 fully saturated rings. The van der Waals surface area contributed by atoms with E-state index in [2.05, 4.69) is 46.8 Å². The summed E-state index contributed by atoms with van der Waals surface area (Å²) in [6.07, 6.45) is 6.26. The van der Waals surface area contributed by atoms with Gasteiger partial charge < -0.3 is 15.4 Å². The van der Waals surface area contributed by atoms with E-state index in [0.29, 0.717) is 5.41 Å². The molecule has 0 amide bonds. The maximum atomic E-state index is 5.67. The van der Waals surface area contributed by atoms with Crippen LogP contribution in [-0.4, -0.2) is 39.3 Å². The highest BCUT2D eigenvalue weighted by atomic mass is 127. The van der Waals surface area contributed by atoms with E-state index in [1.807, 2.05) is 7.05 Å². The third-order valence-corrected chi connectivity index (χ3v) is 5.20. The van der Waals surface area contributed by atoms with Crippen LogP contribution in [0.2, 0.25) is 0 Å². The molecule has 1 aromatic carbocycles. The fraction of sp³-hybridized carbons (Fsp3) is 0.650. The first-order valence-corrected chi connectivity index (χ1v) is 9.32. The van der Waals surface area contributed by atoms with Crippen molar-refractivity contribution in [1.82, 2.24) is 10.6 Å². The van der Waals surface area contributed by atoms with E-state index in [9.17, 15) is 0 Å². The number of hydrogen-bond donors (Lipinski definition) is 2. The molecule has 0 spiro atoms. The summed E-state index contributed by atoms with van der Waals surface area (Å²) in [6.45, 7) is 5.86. The molecule has 0 saturated heterocycles. The molecule has 3 rings (SSSR count). The fourth-order valence-electron chi connectivity index (χ4n) is 3.25.